The molecule has 0 radical (unpaired) electrons. The fourth-order valence-corrected chi connectivity index (χ4v) is 5.12. The van der Waals surface area contributed by atoms with Gasteiger partial charge < -0.3 is 25.2 Å². The first-order chi connectivity index (χ1) is 19.0. The molecule has 1 aromatic heterocycles. The number of aliphatic hydroxyl groups is 2. The molecule has 1 fully saturated rings. The van der Waals surface area contributed by atoms with Gasteiger partial charge in [-0.2, -0.15) is 26.3 Å². The Bertz CT molecular complexity index is 1320. The number of nitrogens with zero attached hydrogens (tertiary/aromatic N) is 2. The van der Waals surface area contributed by atoms with Crippen LogP contribution in [0.3, 0.4) is 0 Å². The first-order valence-corrected chi connectivity index (χ1v) is 12.9. The third kappa shape index (κ3) is 6.91. The summed E-state index contributed by atoms with van der Waals surface area (Å²) in [4.78, 5) is 30.8. The van der Waals surface area contributed by atoms with Gasteiger partial charge in [-0.25, -0.2) is 4.98 Å². The lowest BCUT2D eigenvalue weighted by molar-refractivity contribution is -0.376. The quantitative estimate of drug-likeness (QED) is 0.363. The molecular weight excluding hydrogens is 613 g/mol. The van der Waals surface area contributed by atoms with E-state index in [1.807, 2.05) is 0 Å². The molecule has 42 heavy (non-hydrogen) atoms. The SMILES string of the molecule is CC1CCCN1C(=O)c1nc(C(=O)NCC(C)(C)O)sc1-c1ccc(C(O)(C(F)(F)F)C(F)(F)F)cc1OC(F)(F)F. The molecule has 8 nitrogen and oxygen atoms in total. The molecule has 234 valence electrons. The fourth-order valence-electron chi connectivity index (χ4n) is 4.12. The van der Waals surface area contributed by atoms with E-state index in [9.17, 15) is 59.3 Å². The zero-order valence-electron chi connectivity index (χ0n) is 22.0. The zero-order chi connectivity index (χ0) is 32.1. The van der Waals surface area contributed by atoms with Crippen LogP contribution in [0.25, 0.3) is 10.4 Å². The summed E-state index contributed by atoms with van der Waals surface area (Å²) in [5.41, 5.74) is -10.5. The molecule has 0 spiro atoms. The predicted octanol–water partition coefficient (Wildman–Crippen LogP) is 5.15. The minimum absolute atomic E-state index is 0.0834. The number of nitrogens with one attached hydrogen (secondary N) is 1. The Morgan fingerprint density at radius 2 is 1.67 bits per heavy atom. The van der Waals surface area contributed by atoms with Crippen molar-refractivity contribution in [1.82, 2.24) is 15.2 Å². The van der Waals surface area contributed by atoms with Crippen molar-refractivity contribution in [2.24, 2.45) is 0 Å². The Morgan fingerprint density at radius 1 is 1.07 bits per heavy atom. The first-order valence-electron chi connectivity index (χ1n) is 12.0. The van der Waals surface area contributed by atoms with Crippen LogP contribution in [0.2, 0.25) is 0 Å². The number of alkyl halides is 9. The Kier molecular flexibility index (Phi) is 8.89. The highest BCUT2D eigenvalue weighted by molar-refractivity contribution is 7.17. The Morgan fingerprint density at radius 3 is 2.14 bits per heavy atom. The Labute approximate surface area is 236 Å². The summed E-state index contributed by atoms with van der Waals surface area (Å²) in [6.07, 6.45) is -17.4. The number of thiazole rings is 1. The van der Waals surface area contributed by atoms with Crippen molar-refractivity contribution < 1.29 is 64.1 Å². The summed E-state index contributed by atoms with van der Waals surface area (Å²) in [5, 5.41) is 21.4. The summed E-state index contributed by atoms with van der Waals surface area (Å²) < 4.78 is 124. The summed E-state index contributed by atoms with van der Waals surface area (Å²) in [5.74, 6) is -3.46. The smallest absolute Gasteiger partial charge is 0.405 e. The van der Waals surface area contributed by atoms with Crippen LogP contribution in [0.5, 0.6) is 5.75 Å². The lowest BCUT2D eigenvalue weighted by Crippen LogP contribution is -2.53. The van der Waals surface area contributed by atoms with Crippen molar-refractivity contribution in [3.05, 3.63) is 34.5 Å². The number of hydrogen-bond donors (Lipinski definition) is 3. The largest absolute Gasteiger partial charge is 0.573 e. The Hall–Kier alpha value is -3.12. The number of carbonyl (C=O) groups is 2. The molecule has 18 heteroatoms. The van der Waals surface area contributed by atoms with Gasteiger partial charge in [0.2, 0.25) is 0 Å². The average Bonchev–Trinajstić information content (AvgIpc) is 3.45. The molecule has 1 saturated heterocycles. The molecule has 3 N–H and O–H groups in total. The van der Waals surface area contributed by atoms with Crippen LogP contribution in [0.15, 0.2) is 18.2 Å². The van der Waals surface area contributed by atoms with Crippen molar-refractivity contribution >= 4 is 23.2 Å². The number of carbonyl (C=O) groups excluding carboxylic acids is 2. The zero-order valence-corrected chi connectivity index (χ0v) is 22.8. The van der Waals surface area contributed by atoms with Crippen LogP contribution in [-0.4, -0.2) is 75.4 Å². The fraction of sp³-hybridized carbons (Fsp3) is 0.542. The number of rotatable bonds is 7. The summed E-state index contributed by atoms with van der Waals surface area (Å²) in [6.45, 7) is 4.23. The molecule has 0 aliphatic carbocycles. The number of likely N-dealkylation sites (tertiary alicyclic amines) is 1. The van der Waals surface area contributed by atoms with E-state index in [4.69, 9.17) is 0 Å². The van der Waals surface area contributed by atoms with E-state index in [0.717, 1.165) is 0 Å². The molecule has 3 rings (SSSR count). The molecule has 2 heterocycles. The van der Waals surface area contributed by atoms with Crippen LogP contribution >= 0.6 is 11.3 Å². The summed E-state index contributed by atoms with van der Waals surface area (Å²) >= 11 is 0.318. The van der Waals surface area contributed by atoms with Gasteiger partial charge in [0.15, 0.2) is 5.01 Å². The maximum absolute atomic E-state index is 13.5. The average molecular weight is 638 g/mol. The monoisotopic (exact) mass is 637 g/mol. The van der Waals surface area contributed by atoms with Crippen LogP contribution in [-0.2, 0) is 5.60 Å². The molecule has 1 aliphatic heterocycles. The third-order valence-electron chi connectivity index (χ3n) is 6.21. The maximum Gasteiger partial charge on any atom is 0.573 e. The molecular formula is C24H24F9N3O5S. The summed E-state index contributed by atoms with van der Waals surface area (Å²) in [7, 11) is 0. The van der Waals surface area contributed by atoms with E-state index in [0.29, 0.717) is 30.2 Å². The van der Waals surface area contributed by atoms with Gasteiger partial charge in [0, 0.05) is 30.3 Å². The van der Waals surface area contributed by atoms with Gasteiger partial charge in [0.25, 0.3) is 17.4 Å². The van der Waals surface area contributed by atoms with Crippen molar-refractivity contribution in [1.29, 1.82) is 0 Å². The van der Waals surface area contributed by atoms with Gasteiger partial charge in [-0.3, -0.25) is 9.59 Å². The van der Waals surface area contributed by atoms with Crippen LogP contribution < -0.4 is 10.1 Å². The van der Waals surface area contributed by atoms with Crippen molar-refractivity contribution in [2.45, 2.75) is 69.6 Å². The second-order valence-corrected chi connectivity index (χ2v) is 11.1. The highest BCUT2D eigenvalue weighted by atomic mass is 32.1. The van der Waals surface area contributed by atoms with Gasteiger partial charge in [-0.1, -0.05) is 6.07 Å². The lowest BCUT2D eigenvalue weighted by Gasteiger charge is -2.33. The van der Waals surface area contributed by atoms with Crippen LogP contribution in [0.1, 0.15) is 59.5 Å². The second kappa shape index (κ2) is 11.2. The third-order valence-corrected chi connectivity index (χ3v) is 7.30. The van der Waals surface area contributed by atoms with Crippen LogP contribution in [0.4, 0.5) is 39.5 Å². The highest BCUT2D eigenvalue weighted by Gasteiger charge is 2.71. The molecule has 2 amide bonds. The number of aromatic nitrogens is 1. The standard InChI is InChI=1S/C24H24F9N3O5S/c1-11-5-4-8-36(11)19(38)15-16(42-18(35-15)17(37)34-10-20(2,3)39)13-7-6-12(9-14(13)41-24(31,32)33)21(40,22(25,26)27)23(28,29)30/h6-7,9,11,39-40H,4-5,8,10H2,1-3H3,(H,34,37). The molecule has 0 saturated carbocycles. The second-order valence-electron chi connectivity index (χ2n) is 10.1. The van der Waals surface area contributed by atoms with Crippen molar-refractivity contribution in [3.8, 4) is 16.2 Å². The minimum Gasteiger partial charge on any atom is -0.405 e. The van der Waals surface area contributed by atoms with Gasteiger partial charge in [0.05, 0.1) is 10.5 Å². The van der Waals surface area contributed by atoms with Gasteiger partial charge in [0.1, 0.15) is 11.4 Å². The van der Waals surface area contributed by atoms with Crippen molar-refractivity contribution in [2.75, 3.05) is 13.1 Å². The number of hydrogen-bond acceptors (Lipinski definition) is 7. The van der Waals surface area contributed by atoms with Crippen LogP contribution in [0, 0.1) is 0 Å². The molecule has 1 aromatic carbocycles. The predicted molar refractivity (Wildman–Crippen MR) is 129 cm³/mol. The number of ether oxygens (including phenoxy) is 1. The summed E-state index contributed by atoms with van der Waals surface area (Å²) in [6, 6.07) is -0.194. The normalized spacial score (nSPS) is 17.0. The highest BCUT2D eigenvalue weighted by Crippen LogP contribution is 2.52. The number of benzene rings is 1. The van der Waals surface area contributed by atoms with E-state index in [1.165, 1.54) is 18.7 Å². The van der Waals surface area contributed by atoms with E-state index < -0.39 is 74.2 Å². The number of halogens is 9. The van der Waals surface area contributed by atoms with Gasteiger partial charge >= 0.3 is 18.7 Å². The van der Waals surface area contributed by atoms with Crippen molar-refractivity contribution in [3.63, 3.8) is 0 Å². The molecule has 0 bridgehead atoms. The molecule has 2 aromatic rings. The molecule has 1 aliphatic rings. The van der Waals surface area contributed by atoms with E-state index in [-0.39, 0.29) is 31.3 Å². The lowest BCUT2D eigenvalue weighted by atomic mass is 9.90. The van der Waals surface area contributed by atoms with E-state index in [1.54, 1.807) is 6.92 Å². The topological polar surface area (TPSA) is 112 Å². The van der Waals surface area contributed by atoms with E-state index >= 15 is 0 Å². The van der Waals surface area contributed by atoms with Gasteiger partial charge in [-0.15, -0.1) is 24.5 Å². The molecule has 1 atom stereocenters. The first kappa shape index (κ1) is 33.4. The number of amides is 2. The minimum atomic E-state index is -6.41. The molecule has 1 unspecified atom stereocenters. The maximum atomic E-state index is 13.5. The van der Waals surface area contributed by atoms with E-state index in [2.05, 4.69) is 15.0 Å². The van der Waals surface area contributed by atoms with Gasteiger partial charge in [-0.05, 0) is 45.7 Å². The Balaban J connectivity index is 2.26.